The van der Waals surface area contributed by atoms with E-state index in [9.17, 15) is 0 Å². The van der Waals surface area contributed by atoms with Crippen LogP contribution in [0.5, 0.6) is 0 Å². The minimum absolute atomic E-state index is 0.933. The summed E-state index contributed by atoms with van der Waals surface area (Å²) in [4.78, 5) is 4.40. The molecule has 2 heterocycles. The molecule has 1 aliphatic heterocycles. The van der Waals surface area contributed by atoms with Crippen molar-refractivity contribution in [2.75, 3.05) is 0 Å². The Morgan fingerprint density at radius 2 is 2.15 bits per heavy atom. The molecule has 2 nitrogen and oxygen atoms in total. The number of nitrogens with one attached hydrogen (secondary N) is 1. The number of hydrogen-bond acceptors (Lipinski definition) is 2. The molecule has 1 N–H and O–H groups in total. The van der Waals surface area contributed by atoms with Crippen molar-refractivity contribution in [1.29, 1.82) is 0 Å². The first kappa shape index (κ1) is 8.05. The van der Waals surface area contributed by atoms with Crippen LogP contribution >= 0.6 is 0 Å². The number of aryl methyl sites for hydroxylation is 2. The second-order valence-corrected chi connectivity index (χ2v) is 3.27. The number of fused-ring (bicyclic) bond motifs is 1. The van der Waals surface area contributed by atoms with Gasteiger partial charge in [-0.25, -0.2) is 0 Å². The van der Waals surface area contributed by atoms with Gasteiger partial charge in [-0.1, -0.05) is 6.58 Å². The third kappa shape index (κ3) is 1.24. The van der Waals surface area contributed by atoms with E-state index in [1.807, 2.05) is 26.1 Å². The third-order valence-electron chi connectivity index (χ3n) is 2.18. The van der Waals surface area contributed by atoms with Gasteiger partial charge < -0.3 is 5.32 Å². The van der Waals surface area contributed by atoms with E-state index < -0.39 is 0 Å². The van der Waals surface area contributed by atoms with Crippen molar-refractivity contribution in [2.24, 2.45) is 0 Å². The molecule has 1 aliphatic rings. The molecule has 13 heavy (non-hydrogen) atoms. The Kier molecular flexibility index (Phi) is 1.69. The molecule has 1 aromatic heterocycles. The summed E-state index contributed by atoms with van der Waals surface area (Å²) >= 11 is 0. The highest BCUT2D eigenvalue weighted by molar-refractivity contribution is 5.77. The summed E-state index contributed by atoms with van der Waals surface area (Å²) in [6.07, 6.45) is 3.95. The maximum atomic E-state index is 4.40. The van der Waals surface area contributed by atoms with Gasteiger partial charge in [-0.05, 0) is 31.6 Å². The predicted octanol–water partition coefficient (Wildman–Crippen LogP) is 2.24. The van der Waals surface area contributed by atoms with Crippen molar-refractivity contribution >= 4 is 11.8 Å². The molecular formula is C11H12N2. The molecule has 0 fully saturated rings. The van der Waals surface area contributed by atoms with E-state index in [1.54, 1.807) is 0 Å². The summed E-state index contributed by atoms with van der Waals surface area (Å²) in [5.74, 6) is 0. The zero-order chi connectivity index (χ0) is 9.42. The van der Waals surface area contributed by atoms with E-state index in [-0.39, 0.29) is 0 Å². The molecule has 0 spiro atoms. The van der Waals surface area contributed by atoms with Crippen LogP contribution in [0.2, 0.25) is 0 Å². The van der Waals surface area contributed by atoms with Gasteiger partial charge in [0.25, 0.3) is 0 Å². The quantitative estimate of drug-likeness (QED) is 0.649. The van der Waals surface area contributed by atoms with E-state index in [0.29, 0.717) is 0 Å². The van der Waals surface area contributed by atoms with Gasteiger partial charge in [0.2, 0.25) is 0 Å². The Bertz CT molecular complexity index is 403. The lowest BCUT2D eigenvalue weighted by Gasteiger charge is -2.17. The zero-order valence-electron chi connectivity index (χ0n) is 7.89. The Morgan fingerprint density at radius 1 is 1.38 bits per heavy atom. The van der Waals surface area contributed by atoms with E-state index in [4.69, 9.17) is 0 Å². The van der Waals surface area contributed by atoms with E-state index in [0.717, 1.165) is 22.6 Å². The molecule has 0 aliphatic carbocycles. The minimum atomic E-state index is 0.933. The van der Waals surface area contributed by atoms with Crippen LogP contribution in [0.25, 0.3) is 11.8 Å². The van der Waals surface area contributed by atoms with Gasteiger partial charge >= 0.3 is 0 Å². The van der Waals surface area contributed by atoms with Crippen molar-refractivity contribution in [1.82, 2.24) is 10.3 Å². The van der Waals surface area contributed by atoms with Crippen molar-refractivity contribution in [3.63, 3.8) is 0 Å². The van der Waals surface area contributed by atoms with Crippen LogP contribution in [0, 0.1) is 13.8 Å². The van der Waals surface area contributed by atoms with Crippen molar-refractivity contribution in [3.05, 3.63) is 41.4 Å². The summed E-state index contributed by atoms with van der Waals surface area (Å²) in [6.45, 7) is 7.96. The van der Waals surface area contributed by atoms with Crippen molar-refractivity contribution < 1.29 is 0 Å². The average molecular weight is 172 g/mol. The number of hydrogen-bond donors (Lipinski definition) is 1. The summed E-state index contributed by atoms with van der Waals surface area (Å²) in [5.41, 5.74) is 5.36. The molecular weight excluding hydrogens is 160 g/mol. The lowest BCUT2D eigenvalue weighted by Crippen LogP contribution is -2.11. The van der Waals surface area contributed by atoms with Gasteiger partial charge in [0, 0.05) is 28.8 Å². The number of nitrogens with zero attached hydrogens (tertiary/aromatic N) is 1. The lowest BCUT2D eigenvalue weighted by molar-refractivity contribution is 1.08. The molecule has 0 bridgehead atoms. The smallest absolute Gasteiger partial charge is 0.0474 e. The third-order valence-corrected chi connectivity index (χ3v) is 2.18. The minimum Gasteiger partial charge on any atom is -0.362 e. The van der Waals surface area contributed by atoms with Crippen LogP contribution in [-0.4, -0.2) is 4.98 Å². The highest BCUT2D eigenvalue weighted by atomic mass is 14.9. The fourth-order valence-electron chi connectivity index (χ4n) is 1.69. The molecule has 66 valence electrons. The zero-order valence-corrected chi connectivity index (χ0v) is 7.89. The second-order valence-electron chi connectivity index (χ2n) is 3.27. The standard InChI is InChI=1S/C11H12N2/c1-7-6-10-4-5-12-8(2)11(10)9(3)13-7/h4-6,12H,2H2,1,3H3. The Labute approximate surface area is 78.0 Å². The van der Waals surface area contributed by atoms with Crippen LogP contribution in [0.4, 0.5) is 0 Å². The topological polar surface area (TPSA) is 24.9 Å². The summed E-state index contributed by atoms with van der Waals surface area (Å²) in [7, 11) is 0. The largest absolute Gasteiger partial charge is 0.362 e. The number of rotatable bonds is 0. The molecule has 0 atom stereocenters. The lowest BCUT2D eigenvalue weighted by atomic mass is 10.0. The Balaban J connectivity index is 2.71. The van der Waals surface area contributed by atoms with Crippen molar-refractivity contribution in [3.8, 4) is 0 Å². The summed E-state index contributed by atoms with van der Waals surface area (Å²) in [6, 6.07) is 2.07. The fourth-order valence-corrected chi connectivity index (χ4v) is 1.69. The maximum Gasteiger partial charge on any atom is 0.0474 e. The molecule has 0 radical (unpaired) electrons. The molecule has 1 aromatic rings. The Hall–Kier alpha value is -1.57. The number of pyridine rings is 1. The summed E-state index contributed by atoms with van der Waals surface area (Å²) < 4.78 is 0. The van der Waals surface area contributed by atoms with Crippen LogP contribution < -0.4 is 5.32 Å². The molecule has 0 saturated heterocycles. The van der Waals surface area contributed by atoms with E-state index in [1.165, 1.54) is 5.56 Å². The van der Waals surface area contributed by atoms with E-state index in [2.05, 4.69) is 22.9 Å². The predicted molar refractivity (Wildman–Crippen MR) is 54.9 cm³/mol. The van der Waals surface area contributed by atoms with Gasteiger partial charge in [-0.15, -0.1) is 0 Å². The first-order chi connectivity index (χ1) is 6.18. The highest BCUT2D eigenvalue weighted by Gasteiger charge is 2.11. The van der Waals surface area contributed by atoms with Gasteiger partial charge in [-0.2, -0.15) is 0 Å². The molecule has 0 amide bonds. The summed E-state index contributed by atoms with van der Waals surface area (Å²) in [5, 5.41) is 3.08. The molecule has 0 unspecified atom stereocenters. The van der Waals surface area contributed by atoms with Crippen LogP contribution in [0.15, 0.2) is 18.8 Å². The van der Waals surface area contributed by atoms with Crippen LogP contribution in [0.3, 0.4) is 0 Å². The normalized spacial score (nSPS) is 13.8. The maximum absolute atomic E-state index is 4.40. The monoisotopic (exact) mass is 172 g/mol. The SMILES string of the molecule is C=C1NC=Cc2cc(C)nc(C)c21. The van der Waals surface area contributed by atoms with Gasteiger partial charge in [0.15, 0.2) is 0 Å². The molecule has 2 rings (SSSR count). The van der Waals surface area contributed by atoms with Crippen LogP contribution in [-0.2, 0) is 0 Å². The first-order valence-corrected chi connectivity index (χ1v) is 4.29. The average Bonchev–Trinajstić information content (AvgIpc) is 2.02. The van der Waals surface area contributed by atoms with Gasteiger partial charge in [-0.3, -0.25) is 4.98 Å². The van der Waals surface area contributed by atoms with Gasteiger partial charge in [0.1, 0.15) is 0 Å². The second kappa shape index (κ2) is 2.73. The highest BCUT2D eigenvalue weighted by Crippen LogP contribution is 2.24. The Morgan fingerprint density at radius 3 is 2.92 bits per heavy atom. The molecule has 0 saturated carbocycles. The van der Waals surface area contributed by atoms with E-state index >= 15 is 0 Å². The van der Waals surface area contributed by atoms with Crippen LogP contribution in [0.1, 0.15) is 22.5 Å². The molecule has 0 aromatic carbocycles. The molecule has 2 heteroatoms. The van der Waals surface area contributed by atoms with Crippen molar-refractivity contribution in [2.45, 2.75) is 13.8 Å². The number of aromatic nitrogens is 1. The first-order valence-electron chi connectivity index (χ1n) is 4.29. The van der Waals surface area contributed by atoms with Gasteiger partial charge in [0.05, 0.1) is 0 Å². The fraction of sp³-hybridized carbons (Fsp3) is 0.182.